The summed E-state index contributed by atoms with van der Waals surface area (Å²) in [4.78, 5) is 24.1. The van der Waals surface area contributed by atoms with Crippen LogP contribution >= 0.6 is 11.6 Å². The Bertz CT molecular complexity index is 1050. The molecule has 3 rings (SSSR count). The molecule has 3 aromatic rings. The first kappa shape index (κ1) is 22.9. The number of hydrogen-bond acceptors (Lipinski definition) is 4. The van der Waals surface area contributed by atoms with E-state index in [0.717, 1.165) is 16.5 Å². The van der Waals surface area contributed by atoms with Gasteiger partial charge in [-0.15, -0.1) is 0 Å². The molecular weight excluding hydrogens is 431 g/mol. The molecule has 166 valence electrons. The third kappa shape index (κ3) is 5.66. The number of anilines is 1. The number of fused-ring (bicyclic) bond motifs is 1. The maximum atomic E-state index is 12.6. The number of H-pyrrole nitrogens is 1. The first-order chi connectivity index (χ1) is 14.7. The fourth-order valence-electron chi connectivity index (χ4n) is 3.52. The number of carbonyl (C=O) groups excluding carboxylic acids is 1. The van der Waals surface area contributed by atoms with Crippen LogP contribution in [0.4, 0.5) is 18.9 Å². The van der Waals surface area contributed by atoms with Gasteiger partial charge in [0, 0.05) is 41.3 Å². The van der Waals surface area contributed by atoms with Crippen molar-refractivity contribution in [2.75, 3.05) is 11.9 Å². The second-order valence-corrected chi connectivity index (χ2v) is 7.68. The maximum absolute atomic E-state index is 12.6. The Kier molecular flexibility index (Phi) is 7.04. The lowest BCUT2D eigenvalue weighted by Crippen LogP contribution is -2.47. The number of nitrogens with zero attached hydrogens (tertiary/aromatic N) is 2. The topological polar surface area (TPSA) is 82.7 Å². The summed E-state index contributed by atoms with van der Waals surface area (Å²) < 4.78 is 37.7. The summed E-state index contributed by atoms with van der Waals surface area (Å²) in [6, 6.07) is 2.75. The second kappa shape index (κ2) is 9.55. The van der Waals surface area contributed by atoms with Crippen LogP contribution in [-0.4, -0.2) is 39.6 Å². The molecule has 0 fully saturated rings. The predicted molar refractivity (Wildman–Crippen MR) is 115 cm³/mol. The summed E-state index contributed by atoms with van der Waals surface area (Å²) >= 11 is 6.07. The number of amides is 1. The van der Waals surface area contributed by atoms with Gasteiger partial charge in [-0.2, -0.15) is 13.2 Å². The quantitative estimate of drug-likeness (QED) is 0.439. The average Bonchev–Trinajstić information content (AvgIpc) is 3.15. The first-order valence-electron chi connectivity index (χ1n) is 9.90. The molecule has 3 aromatic heterocycles. The SMILES string of the molecule is CCC(CC)[C@@H](Nc1cncc(-c2c[nH]c3ncc(Cl)cc23)c1)C(=O)NCC(F)(F)F. The molecular formula is C21H23ClF3N5O. The van der Waals surface area contributed by atoms with Crippen molar-refractivity contribution >= 4 is 34.2 Å². The second-order valence-electron chi connectivity index (χ2n) is 7.25. The van der Waals surface area contributed by atoms with Gasteiger partial charge in [-0.1, -0.05) is 38.3 Å². The smallest absolute Gasteiger partial charge is 0.372 e. The average molecular weight is 454 g/mol. The zero-order chi connectivity index (χ0) is 22.6. The summed E-state index contributed by atoms with van der Waals surface area (Å²) in [5, 5.41) is 6.38. The highest BCUT2D eigenvalue weighted by atomic mass is 35.5. The number of pyridine rings is 2. The Morgan fingerprint density at radius 2 is 1.94 bits per heavy atom. The van der Waals surface area contributed by atoms with E-state index in [-0.39, 0.29) is 5.92 Å². The molecule has 0 bridgehead atoms. The van der Waals surface area contributed by atoms with Gasteiger partial charge in [0.15, 0.2) is 0 Å². The van der Waals surface area contributed by atoms with Gasteiger partial charge in [0.1, 0.15) is 18.2 Å². The highest BCUT2D eigenvalue weighted by molar-refractivity contribution is 6.31. The lowest BCUT2D eigenvalue weighted by atomic mass is 9.93. The standard InChI is InChI=1S/C21H23ClF3N5O/c1-3-12(4-2)18(20(31)29-11-21(23,24)25)30-15-5-13(7-26-9-15)17-10-28-19-16(17)6-14(22)8-27-19/h5-10,12,18,30H,3-4,11H2,1-2H3,(H,27,28)(H,29,31)/t18-/m1/s1. The minimum Gasteiger partial charge on any atom is -0.372 e. The van der Waals surface area contributed by atoms with E-state index in [1.54, 1.807) is 30.7 Å². The number of carbonyl (C=O) groups is 1. The molecule has 1 amide bonds. The molecule has 6 nitrogen and oxygen atoms in total. The van der Waals surface area contributed by atoms with Gasteiger partial charge in [-0.25, -0.2) is 4.98 Å². The summed E-state index contributed by atoms with van der Waals surface area (Å²) in [6.45, 7) is 2.43. The van der Waals surface area contributed by atoms with E-state index in [0.29, 0.717) is 29.2 Å². The monoisotopic (exact) mass is 453 g/mol. The van der Waals surface area contributed by atoms with Crippen LogP contribution in [0.2, 0.25) is 5.02 Å². The summed E-state index contributed by atoms with van der Waals surface area (Å²) in [5.41, 5.74) is 2.76. The van der Waals surface area contributed by atoms with Gasteiger partial charge in [0.2, 0.25) is 5.91 Å². The lowest BCUT2D eigenvalue weighted by molar-refractivity contribution is -0.139. The molecule has 0 aliphatic rings. The van der Waals surface area contributed by atoms with Crippen molar-refractivity contribution in [3.8, 4) is 11.1 Å². The molecule has 0 radical (unpaired) electrons. The normalized spacial score (nSPS) is 12.9. The first-order valence-corrected chi connectivity index (χ1v) is 10.3. The van der Waals surface area contributed by atoms with Crippen molar-refractivity contribution in [2.24, 2.45) is 5.92 Å². The van der Waals surface area contributed by atoms with Crippen LogP contribution in [0.25, 0.3) is 22.2 Å². The van der Waals surface area contributed by atoms with Gasteiger partial charge in [-0.3, -0.25) is 9.78 Å². The van der Waals surface area contributed by atoms with E-state index >= 15 is 0 Å². The number of hydrogen-bond donors (Lipinski definition) is 3. The van der Waals surface area contributed by atoms with Gasteiger partial charge in [0.05, 0.1) is 10.7 Å². The van der Waals surface area contributed by atoms with Crippen LogP contribution in [0.15, 0.2) is 36.9 Å². The van der Waals surface area contributed by atoms with Crippen molar-refractivity contribution in [2.45, 2.75) is 38.9 Å². The number of rotatable bonds is 8. The minimum atomic E-state index is -4.47. The van der Waals surface area contributed by atoms with Crippen LogP contribution in [0.5, 0.6) is 0 Å². The minimum absolute atomic E-state index is 0.145. The molecule has 10 heteroatoms. The lowest BCUT2D eigenvalue weighted by Gasteiger charge is -2.26. The Morgan fingerprint density at radius 1 is 1.19 bits per heavy atom. The van der Waals surface area contributed by atoms with E-state index in [4.69, 9.17) is 11.6 Å². The van der Waals surface area contributed by atoms with Crippen molar-refractivity contribution < 1.29 is 18.0 Å². The third-order valence-electron chi connectivity index (χ3n) is 5.13. The number of alkyl halides is 3. The molecule has 0 saturated heterocycles. The van der Waals surface area contributed by atoms with E-state index < -0.39 is 24.7 Å². The molecule has 1 atom stereocenters. The van der Waals surface area contributed by atoms with Crippen LogP contribution in [0, 0.1) is 5.92 Å². The fraction of sp³-hybridized carbons (Fsp3) is 0.381. The molecule has 0 aromatic carbocycles. The van der Waals surface area contributed by atoms with Crippen molar-refractivity contribution in [3.63, 3.8) is 0 Å². The zero-order valence-electron chi connectivity index (χ0n) is 17.1. The Labute approximate surface area is 182 Å². The molecule has 0 saturated carbocycles. The van der Waals surface area contributed by atoms with Crippen LogP contribution in [-0.2, 0) is 4.79 Å². The number of halogens is 4. The van der Waals surface area contributed by atoms with Gasteiger partial charge in [-0.05, 0) is 18.1 Å². The zero-order valence-corrected chi connectivity index (χ0v) is 17.8. The van der Waals surface area contributed by atoms with Crippen molar-refractivity contribution in [3.05, 3.63) is 41.9 Å². The Morgan fingerprint density at radius 3 is 2.61 bits per heavy atom. The fourth-order valence-corrected chi connectivity index (χ4v) is 3.68. The van der Waals surface area contributed by atoms with Gasteiger partial charge >= 0.3 is 6.18 Å². The largest absolute Gasteiger partial charge is 0.405 e. The van der Waals surface area contributed by atoms with Crippen LogP contribution in [0.1, 0.15) is 26.7 Å². The number of nitrogens with one attached hydrogen (secondary N) is 3. The molecule has 3 N–H and O–H groups in total. The third-order valence-corrected chi connectivity index (χ3v) is 5.34. The van der Waals surface area contributed by atoms with E-state index in [2.05, 4.69) is 20.3 Å². The van der Waals surface area contributed by atoms with E-state index in [9.17, 15) is 18.0 Å². The Hall–Kier alpha value is -2.81. The highest BCUT2D eigenvalue weighted by Crippen LogP contribution is 2.30. The Balaban J connectivity index is 1.88. The molecule has 31 heavy (non-hydrogen) atoms. The number of aromatic amines is 1. The van der Waals surface area contributed by atoms with Crippen molar-refractivity contribution in [1.29, 1.82) is 0 Å². The van der Waals surface area contributed by atoms with E-state index in [1.165, 1.54) is 6.20 Å². The molecule has 0 spiro atoms. The van der Waals surface area contributed by atoms with Gasteiger partial charge in [0.25, 0.3) is 0 Å². The molecule has 0 aliphatic carbocycles. The summed E-state index contributed by atoms with van der Waals surface area (Å²) in [6.07, 6.45) is 3.31. The maximum Gasteiger partial charge on any atom is 0.405 e. The predicted octanol–water partition coefficient (Wildman–Crippen LogP) is 5.17. The van der Waals surface area contributed by atoms with Crippen molar-refractivity contribution in [1.82, 2.24) is 20.3 Å². The molecule has 0 unspecified atom stereocenters. The molecule has 3 heterocycles. The van der Waals surface area contributed by atoms with Crippen LogP contribution in [0.3, 0.4) is 0 Å². The molecule has 0 aliphatic heterocycles. The number of aromatic nitrogens is 3. The summed E-state index contributed by atoms with van der Waals surface area (Å²) in [5.74, 6) is -0.840. The van der Waals surface area contributed by atoms with E-state index in [1.807, 2.05) is 19.2 Å². The van der Waals surface area contributed by atoms with Gasteiger partial charge < -0.3 is 15.6 Å². The summed E-state index contributed by atoms with van der Waals surface area (Å²) in [7, 11) is 0. The highest BCUT2D eigenvalue weighted by Gasteiger charge is 2.32. The van der Waals surface area contributed by atoms with Crippen LogP contribution < -0.4 is 10.6 Å².